The van der Waals surface area contributed by atoms with Crippen LogP contribution in [-0.4, -0.2) is 29.9 Å². The van der Waals surface area contributed by atoms with Gasteiger partial charge in [0.2, 0.25) is 5.91 Å². The normalized spacial score (nSPS) is 25.6. The molecule has 3 rings (SSSR count). The fourth-order valence-electron chi connectivity index (χ4n) is 3.91. The molecule has 1 saturated carbocycles. The second-order valence-electron chi connectivity index (χ2n) is 6.32. The molecule has 21 heavy (non-hydrogen) atoms. The van der Waals surface area contributed by atoms with Crippen molar-refractivity contribution in [3.05, 3.63) is 29.8 Å². The number of carbonyl (C=O) groups is 1. The first kappa shape index (κ1) is 14.5. The van der Waals surface area contributed by atoms with Gasteiger partial charge >= 0.3 is 0 Å². The molecular formula is C17H25N3O. The van der Waals surface area contributed by atoms with Crippen molar-refractivity contribution >= 4 is 11.6 Å². The van der Waals surface area contributed by atoms with E-state index in [1.807, 2.05) is 24.3 Å². The molecule has 0 radical (unpaired) electrons. The number of hydrogen-bond donors (Lipinski definition) is 2. The van der Waals surface area contributed by atoms with Crippen molar-refractivity contribution in [3.63, 3.8) is 0 Å². The predicted molar refractivity (Wildman–Crippen MR) is 84.9 cm³/mol. The molecular weight excluding hydrogens is 262 g/mol. The molecule has 2 aliphatic rings. The maximum Gasteiger partial charge on any atom is 0.238 e. The van der Waals surface area contributed by atoms with E-state index in [2.05, 4.69) is 10.2 Å². The summed E-state index contributed by atoms with van der Waals surface area (Å²) >= 11 is 0. The lowest BCUT2D eigenvalue weighted by Crippen LogP contribution is -2.46. The molecule has 1 aliphatic heterocycles. The van der Waals surface area contributed by atoms with Crippen LogP contribution in [0.15, 0.2) is 24.3 Å². The van der Waals surface area contributed by atoms with Gasteiger partial charge in [0.05, 0.1) is 6.54 Å². The molecule has 2 fully saturated rings. The van der Waals surface area contributed by atoms with E-state index in [0.29, 0.717) is 19.1 Å². The predicted octanol–water partition coefficient (Wildman–Crippen LogP) is 2.35. The highest BCUT2D eigenvalue weighted by atomic mass is 16.2. The van der Waals surface area contributed by atoms with Crippen LogP contribution < -0.4 is 11.1 Å². The average molecular weight is 287 g/mol. The lowest BCUT2D eigenvalue weighted by molar-refractivity contribution is -0.118. The Labute approximate surface area is 126 Å². The zero-order valence-electron chi connectivity index (χ0n) is 12.6. The van der Waals surface area contributed by atoms with Crippen LogP contribution in [-0.2, 0) is 11.3 Å². The van der Waals surface area contributed by atoms with Crippen LogP contribution in [0.25, 0.3) is 0 Å². The van der Waals surface area contributed by atoms with Crippen LogP contribution in [0, 0.1) is 5.92 Å². The molecule has 0 aromatic heterocycles. The Bertz CT molecular complexity index is 503. The molecule has 1 aliphatic carbocycles. The molecule has 1 aromatic carbocycles. The van der Waals surface area contributed by atoms with Gasteiger partial charge in [-0.15, -0.1) is 0 Å². The number of carbonyl (C=O) groups excluding carboxylic acids is 1. The first-order valence-electron chi connectivity index (χ1n) is 8.09. The fraction of sp³-hybridized carbons (Fsp3) is 0.588. The highest BCUT2D eigenvalue weighted by Gasteiger charge is 2.35. The van der Waals surface area contributed by atoms with Gasteiger partial charge in [0.1, 0.15) is 0 Å². The number of nitrogens with two attached hydrogens (primary N) is 1. The number of anilines is 1. The molecule has 2 unspecified atom stereocenters. The number of rotatable bonds is 4. The monoisotopic (exact) mass is 287 g/mol. The summed E-state index contributed by atoms with van der Waals surface area (Å²) in [7, 11) is 0. The first-order valence-corrected chi connectivity index (χ1v) is 8.09. The molecule has 114 valence electrons. The molecule has 1 heterocycles. The topological polar surface area (TPSA) is 58.4 Å². The van der Waals surface area contributed by atoms with Crippen molar-refractivity contribution < 1.29 is 4.79 Å². The fourth-order valence-corrected chi connectivity index (χ4v) is 3.91. The second-order valence-corrected chi connectivity index (χ2v) is 6.32. The summed E-state index contributed by atoms with van der Waals surface area (Å²) in [5.41, 5.74) is 7.53. The minimum Gasteiger partial charge on any atom is -0.326 e. The highest BCUT2D eigenvalue weighted by molar-refractivity contribution is 5.92. The van der Waals surface area contributed by atoms with Gasteiger partial charge < -0.3 is 11.1 Å². The van der Waals surface area contributed by atoms with Gasteiger partial charge in [-0.3, -0.25) is 9.69 Å². The van der Waals surface area contributed by atoms with Crippen molar-refractivity contribution in [2.24, 2.45) is 11.7 Å². The number of benzene rings is 1. The summed E-state index contributed by atoms with van der Waals surface area (Å²) in [6, 6.07) is 8.42. The Kier molecular flexibility index (Phi) is 4.56. The van der Waals surface area contributed by atoms with E-state index < -0.39 is 0 Å². The van der Waals surface area contributed by atoms with E-state index in [0.717, 1.165) is 23.7 Å². The molecule has 4 heteroatoms. The Morgan fingerprint density at radius 2 is 2.14 bits per heavy atom. The zero-order chi connectivity index (χ0) is 14.7. The Hall–Kier alpha value is -1.39. The third-order valence-corrected chi connectivity index (χ3v) is 4.90. The number of nitrogens with one attached hydrogen (secondary N) is 1. The van der Waals surface area contributed by atoms with Gasteiger partial charge in [-0.05, 0) is 55.8 Å². The van der Waals surface area contributed by atoms with Crippen LogP contribution in [0.3, 0.4) is 0 Å². The maximum absolute atomic E-state index is 12.3. The van der Waals surface area contributed by atoms with Gasteiger partial charge in [-0.2, -0.15) is 0 Å². The summed E-state index contributed by atoms with van der Waals surface area (Å²) in [5, 5.41) is 3.01. The number of piperidine rings is 1. The third kappa shape index (κ3) is 3.44. The van der Waals surface area contributed by atoms with Gasteiger partial charge in [-0.25, -0.2) is 0 Å². The lowest BCUT2D eigenvalue weighted by atomic mass is 9.92. The Balaban J connectivity index is 1.58. The van der Waals surface area contributed by atoms with Crippen molar-refractivity contribution in [2.45, 2.75) is 44.7 Å². The van der Waals surface area contributed by atoms with Crippen LogP contribution >= 0.6 is 0 Å². The van der Waals surface area contributed by atoms with E-state index in [1.165, 1.54) is 32.1 Å². The summed E-state index contributed by atoms with van der Waals surface area (Å²) in [5.74, 6) is 0.920. The van der Waals surface area contributed by atoms with Gasteiger partial charge in [0.15, 0.2) is 0 Å². The quantitative estimate of drug-likeness (QED) is 0.893. The van der Waals surface area contributed by atoms with Crippen molar-refractivity contribution in [1.29, 1.82) is 0 Å². The van der Waals surface area contributed by atoms with Crippen molar-refractivity contribution in [3.8, 4) is 0 Å². The van der Waals surface area contributed by atoms with Gasteiger partial charge in [-0.1, -0.05) is 18.6 Å². The molecule has 1 saturated heterocycles. The van der Waals surface area contributed by atoms with Crippen LogP contribution in [0.5, 0.6) is 0 Å². The van der Waals surface area contributed by atoms with E-state index >= 15 is 0 Å². The smallest absolute Gasteiger partial charge is 0.238 e. The minimum atomic E-state index is 0.0942. The summed E-state index contributed by atoms with van der Waals surface area (Å²) in [6.45, 7) is 2.09. The van der Waals surface area contributed by atoms with E-state index in [1.54, 1.807) is 0 Å². The van der Waals surface area contributed by atoms with E-state index in [-0.39, 0.29) is 5.91 Å². The van der Waals surface area contributed by atoms with Crippen LogP contribution in [0.1, 0.15) is 37.7 Å². The first-order chi connectivity index (χ1) is 10.3. The zero-order valence-corrected chi connectivity index (χ0v) is 12.6. The number of fused-ring (bicyclic) bond motifs is 1. The Morgan fingerprint density at radius 1 is 1.29 bits per heavy atom. The largest absolute Gasteiger partial charge is 0.326 e. The van der Waals surface area contributed by atoms with Crippen molar-refractivity contribution in [2.75, 3.05) is 18.4 Å². The number of hydrogen-bond acceptors (Lipinski definition) is 3. The SMILES string of the molecule is NCc1cccc(NC(=O)CN2CCCC3CCCC32)c1. The maximum atomic E-state index is 12.3. The van der Waals surface area contributed by atoms with Gasteiger partial charge in [0.25, 0.3) is 0 Å². The summed E-state index contributed by atoms with van der Waals surface area (Å²) in [6.07, 6.45) is 6.52. The molecule has 4 nitrogen and oxygen atoms in total. The molecule has 1 aromatic rings. The lowest BCUT2D eigenvalue weighted by Gasteiger charge is -2.37. The number of amides is 1. The number of likely N-dealkylation sites (tertiary alicyclic amines) is 1. The number of nitrogens with zero attached hydrogens (tertiary/aromatic N) is 1. The standard InChI is InChI=1S/C17H25N3O/c18-11-13-4-1-7-15(10-13)19-17(21)12-20-9-3-6-14-5-2-8-16(14)20/h1,4,7,10,14,16H,2-3,5-6,8-9,11-12,18H2,(H,19,21). The molecule has 1 amide bonds. The summed E-state index contributed by atoms with van der Waals surface area (Å²) < 4.78 is 0. The van der Waals surface area contributed by atoms with Gasteiger partial charge in [0, 0.05) is 18.3 Å². The molecule has 0 bridgehead atoms. The summed E-state index contributed by atoms with van der Waals surface area (Å²) in [4.78, 5) is 14.7. The molecule has 0 spiro atoms. The Morgan fingerprint density at radius 3 is 3.00 bits per heavy atom. The van der Waals surface area contributed by atoms with Crippen LogP contribution in [0.4, 0.5) is 5.69 Å². The van der Waals surface area contributed by atoms with Crippen LogP contribution in [0.2, 0.25) is 0 Å². The highest BCUT2D eigenvalue weighted by Crippen LogP contribution is 2.36. The third-order valence-electron chi connectivity index (χ3n) is 4.90. The van der Waals surface area contributed by atoms with E-state index in [9.17, 15) is 4.79 Å². The van der Waals surface area contributed by atoms with E-state index in [4.69, 9.17) is 5.73 Å². The molecule has 2 atom stereocenters. The molecule has 3 N–H and O–H groups in total. The minimum absolute atomic E-state index is 0.0942. The second kappa shape index (κ2) is 6.58. The average Bonchev–Trinajstić information content (AvgIpc) is 2.97. The van der Waals surface area contributed by atoms with Crippen molar-refractivity contribution in [1.82, 2.24) is 4.90 Å².